The molecule has 10 rings (SSSR count). The van der Waals surface area contributed by atoms with Crippen LogP contribution in [-0.4, -0.2) is 166 Å². The third-order valence-electron chi connectivity index (χ3n) is 12.7. The number of methoxy groups -OCH3 is 1. The molecule has 2 fully saturated rings. The van der Waals surface area contributed by atoms with Gasteiger partial charge in [0.05, 0.1) is 44.3 Å². The molecule has 8 heterocycles. The Balaban J connectivity index is 0.836. The lowest BCUT2D eigenvalue weighted by Crippen LogP contribution is -2.47. The number of aliphatic hydroxyl groups is 2. The molecule has 444 valence electrons. The molecule has 0 saturated carbocycles. The molecule has 0 aliphatic carbocycles. The molecule has 2 saturated heterocycles. The van der Waals surface area contributed by atoms with Gasteiger partial charge in [-0.2, -0.15) is 9.29 Å². The van der Waals surface area contributed by atoms with Crippen LogP contribution in [0.15, 0.2) is 82.3 Å². The summed E-state index contributed by atoms with van der Waals surface area (Å²) in [7, 11) is -20.2. The summed E-state index contributed by atoms with van der Waals surface area (Å²) in [6.45, 7) is -2.76. The Hall–Kier alpha value is -5.91. The van der Waals surface area contributed by atoms with E-state index in [1.807, 2.05) is 0 Å². The standard InChI is InChI=1S/C42H47ClN14O21P4S/c1-45-32-26-35(47-17-46-32)56(18-48-26)39-30(70-2)29(76-80(64,65)73-15-25-31(58)42(61,16-72-25)57-19-49-27-36(57)52-40(44)53-37(27)59)24(75-39)14-74-81(66,67)78-82(68,69)77-79(62,63)23-10-4-20(5-11-23)34-50-33-28(38(60)54-41(51-33)83-3)55(34)12-13-71-22-8-6-21(43)7-9-22/h4-11,17-19,24-25,29-31,39,58,61H,12-16H2,1-3H3,(H,62,63)(H,64,65)(H,66,67)(H,68,69)(H,45,46,47)(H,51,54,60)(H3,44,52,53,59). The molecule has 0 spiro atoms. The Kier molecular flexibility index (Phi) is 17.1. The Morgan fingerprint density at radius 1 is 0.855 bits per heavy atom. The number of imidazole rings is 3. The first-order chi connectivity index (χ1) is 39.3. The molecular weight excluding hydrogens is 1230 g/mol. The number of anilines is 2. The van der Waals surface area contributed by atoms with Crippen LogP contribution in [0.5, 0.6) is 5.75 Å². The van der Waals surface area contributed by atoms with E-state index in [2.05, 4.69) is 58.8 Å². The third-order valence-corrected chi connectivity index (χ3v) is 19.3. The van der Waals surface area contributed by atoms with Crippen molar-refractivity contribution in [2.75, 3.05) is 57.9 Å². The van der Waals surface area contributed by atoms with Crippen molar-refractivity contribution in [2.24, 2.45) is 0 Å². The van der Waals surface area contributed by atoms with Gasteiger partial charge in [-0.15, -0.1) is 0 Å². The highest BCUT2D eigenvalue weighted by atomic mass is 35.5. The number of nitrogen functional groups attached to an aromatic ring is 1. The van der Waals surface area contributed by atoms with E-state index in [-0.39, 0.29) is 75.0 Å². The summed E-state index contributed by atoms with van der Waals surface area (Å²) in [5, 5.41) is 25.8. The number of hydrogen-bond acceptors (Lipinski definition) is 27. The second-order valence-corrected chi connectivity index (χ2v) is 25.5. The SMILES string of the molecule is CNc1ncnc2c1ncn2C1OC(COP(=O)(O)OP(=O)(O)OP(=O)(O)c2ccc(-c3nc4nc(SC)[nH]c(=O)c4n3CCOc3ccc(Cl)cc3)cc2)C(OP(=O)(O)OCC2OCC(O)(n3cnc4c(=O)[nH]c(N)nc43)C2O)C1OC. The van der Waals surface area contributed by atoms with Crippen LogP contribution in [0, 0.1) is 0 Å². The number of nitrogens with zero attached hydrogens (tertiary/aromatic N) is 10. The second-order valence-electron chi connectivity index (χ2n) is 17.9. The maximum atomic E-state index is 13.8. The molecule has 8 aromatic rings. The minimum Gasteiger partial charge on any atom is -0.492 e. The van der Waals surface area contributed by atoms with Gasteiger partial charge in [-0.3, -0.25) is 46.8 Å². The van der Waals surface area contributed by atoms with Gasteiger partial charge in [0, 0.05) is 24.7 Å². The number of halogens is 1. The van der Waals surface area contributed by atoms with Gasteiger partial charge in [0.1, 0.15) is 60.5 Å². The van der Waals surface area contributed by atoms with Crippen molar-refractivity contribution in [2.45, 2.75) is 54.2 Å². The maximum Gasteiger partial charge on any atom is 0.488 e. The zero-order chi connectivity index (χ0) is 59.4. The van der Waals surface area contributed by atoms with Gasteiger partial charge in [-0.1, -0.05) is 35.5 Å². The lowest BCUT2D eigenvalue weighted by Gasteiger charge is -2.28. The van der Waals surface area contributed by atoms with E-state index in [0.29, 0.717) is 10.8 Å². The summed E-state index contributed by atoms with van der Waals surface area (Å²) >= 11 is 7.16. The van der Waals surface area contributed by atoms with Crippen LogP contribution in [0.1, 0.15) is 6.23 Å². The van der Waals surface area contributed by atoms with Crippen molar-refractivity contribution in [3.63, 3.8) is 0 Å². The van der Waals surface area contributed by atoms with Crippen molar-refractivity contribution < 1.29 is 89.2 Å². The van der Waals surface area contributed by atoms with Crippen LogP contribution in [-0.2, 0) is 66.9 Å². The summed E-state index contributed by atoms with van der Waals surface area (Å²) in [5.74, 6) is 0.575. The van der Waals surface area contributed by atoms with Crippen LogP contribution in [0.2, 0.25) is 5.02 Å². The Labute approximate surface area is 473 Å². The highest BCUT2D eigenvalue weighted by Gasteiger charge is 2.54. The van der Waals surface area contributed by atoms with Gasteiger partial charge in [0.25, 0.3) is 11.1 Å². The minimum atomic E-state index is -6.09. The Bertz CT molecular complexity index is 4060. The van der Waals surface area contributed by atoms with Crippen LogP contribution in [0.25, 0.3) is 44.9 Å². The van der Waals surface area contributed by atoms with Gasteiger partial charge < -0.3 is 64.4 Å². The predicted molar refractivity (Wildman–Crippen MR) is 288 cm³/mol. The number of aliphatic hydroxyl groups excluding tert-OH is 1. The van der Waals surface area contributed by atoms with E-state index in [9.17, 15) is 57.6 Å². The van der Waals surface area contributed by atoms with Crippen molar-refractivity contribution in [1.29, 1.82) is 0 Å². The Morgan fingerprint density at radius 3 is 2.28 bits per heavy atom. The Morgan fingerprint density at radius 2 is 1.57 bits per heavy atom. The number of nitrogens with two attached hydrogens (primary N) is 1. The fourth-order valence-corrected chi connectivity index (χ4v) is 14.4. The molecule has 2 aliphatic rings. The van der Waals surface area contributed by atoms with Crippen molar-refractivity contribution in [3.8, 4) is 17.1 Å². The average Bonchev–Trinajstić information content (AvgIpc) is 4.49. The summed E-state index contributed by atoms with van der Waals surface area (Å²) < 4.78 is 106. The smallest absolute Gasteiger partial charge is 0.488 e. The molecule has 2 aliphatic heterocycles. The number of hydrogen-bond donors (Lipinski definition) is 10. The number of phosphoric acid groups is 3. The van der Waals surface area contributed by atoms with Crippen molar-refractivity contribution >= 4 is 105 Å². The number of benzene rings is 2. The quantitative estimate of drug-likeness (QED) is 0.0248. The van der Waals surface area contributed by atoms with Crippen LogP contribution < -0.4 is 32.2 Å². The zero-order valence-corrected chi connectivity index (χ0v) is 47.9. The summed E-state index contributed by atoms with van der Waals surface area (Å²) in [4.78, 5) is 104. The largest absolute Gasteiger partial charge is 0.492 e. The van der Waals surface area contributed by atoms with Crippen LogP contribution in [0.3, 0.4) is 0 Å². The highest BCUT2D eigenvalue weighted by molar-refractivity contribution is 7.98. The van der Waals surface area contributed by atoms with Crippen molar-refractivity contribution in [1.82, 2.24) is 58.6 Å². The topological polar surface area (TPSA) is 482 Å². The number of phosphoric ester groups is 2. The molecule has 83 heavy (non-hydrogen) atoms. The van der Waals surface area contributed by atoms with Gasteiger partial charge in [-0.05, 0) is 42.7 Å². The van der Waals surface area contributed by atoms with E-state index in [1.54, 1.807) is 37.6 Å². The number of fused-ring (bicyclic) bond motifs is 3. The minimum absolute atomic E-state index is 0.0329. The van der Waals surface area contributed by atoms with E-state index in [0.717, 1.165) is 41.9 Å². The number of aromatic nitrogens is 12. The fourth-order valence-electron chi connectivity index (χ4n) is 8.95. The number of ether oxygens (including phenoxy) is 4. The fraction of sp³-hybridized carbons (Fsp3) is 0.357. The van der Waals surface area contributed by atoms with Crippen LogP contribution >= 0.6 is 54.4 Å². The molecule has 11 N–H and O–H groups in total. The molecule has 35 nitrogen and oxygen atoms in total. The lowest BCUT2D eigenvalue weighted by atomic mass is 10.1. The monoisotopic (exact) mass is 1270 g/mol. The summed E-state index contributed by atoms with van der Waals surface area (Å²) in [5.41, 5.74) is 2.28. The predicted octanol–water partition coefficient (Wildman–Crippen LogP) is 1.72. The molecule has 2 aromatic carbocycles. The molecule has 41 heteroatoms. The molecule has 11 unspecified atom stereocenters. The van der Waals surface area contributed by atoms with Gasteiger partial charge in [-0.25, -0.2) is 47.9 Å². The number of aromatic amines is 2. The number of thioether (sulfide) groups is 1. The molecule has 0 radical (unpaired) electrons. The number of rotatable bonds is 23. The van der Waals surface area contributed by atoms with E-state index in [4.69, 9.17) is 49.9 Å². The third kappa shape index (κ3) is 12.5. The maximum absolute atomic E-state index is 13.8. The van der Waals surface area contributed by atoms with Crippen molar-refractivity contribution in [3.05, 3.63) is 93.2 Å². The molecule has 0 bridgehead atoms. The van der Waals surface area contributed by atoms with E-state index in [1.165, 1.54) is 33.9 Å². The first kappa shape index (κ1) is 60.2. The average molecular weight is 1280 g/mol. The highest BCUT2D eigenvalue weighted by Crippen LogP contribution is 2.67. The van der Waals surface area contributed by atoms with E-state index < -0.39 is 110 Å². The normalized spacial score (nSPS) is 24.0. The number of H-pyrrole nitrogens is 2. The number of nitrogens with one attached hydrogen (secondary N) is 3. The summed E-state index contributed by atoms with van der Waals surface area (Å²) in [6.07, 6.45) is -4.99. The van der Waals surface area contributed by atoms with Gasteiger partial charge >= 0.3 is 31.1 Å². The molecule has 11 atom stereocenters. The lowest BCUT2D eigenvalue weighted by molar-refractivity contribution is -0.110. The molecular formula is C42H47ClN14O21P4S. The van der Waals surface area contributed by atoms with Gasteiger partial charge in [0.2, 0.25) is 5.95 Å². The first-order valence-electron chi connectivity index (χ1n) is 23.9. The van der Waals surface area contributed by atoms with Gasteiger partial charge in [0.15, 0.2) is 50.9 Å². The molecule has 6 aromatic heterocycles. The molecule has 0 amide bonds. The summed E-state index contributed by atoms with van der Waals surface area (Å²) in [6, 6.07) is 11.2. The van der Waals surface area contributed by atoms with E-state index >= 15 is 0 Å². The first-order valence-corrected chi connectivity index (χ1v) is 31.5. The van der Waals surface area contributed by atoms with Crippen LogP contribution in [0.4, 0.5) is 11.8 Å². The zero-order valence-electron chi connectivity index (χ0n) is 42.8. The second kappa shape index (κ2) is 23.5.